The Balaban J connectivity index is 2.24. The molecule has 0 unspecified atom stereocenters. The van der Waals surface area contributed by atoms with Crippen LogP contribution in [0.3, 0.4) is 0 Å². The molecule has 2 aromatic rings. The first-order valence-electron chi connectivity index (χ1n) is 5.05. The Hall–Kier alpha value is -2.21. The summed E-state index contributed by atoms with van der Waals surface area (Å²) in [7, 11) is 1.53. The number of H-pyrrole nitrogens is 1. The third-order valence-electron chi connectivity index (χ3n) is 2.32. The molecule has 0 spiro atoms. The van der Waals surface area contributed by atoms with E-state index in [2.05, 4.69) is 15.5 Å². The lowest BCUT2D eigenvalue weighted by Gasteiger charge is -2.08. The van der Waals surface area contributed by atoms with Gasteiger partial charge in [0.1, 0.15) is 11.4 Å². The second-order valence-electron chi connectivity index (χ2n) is 3.50. The third kappa shape index (κ3) is 2.38. The largest absolute Gasteiger partial charge is 0.497 e. The number of hydrogen-bond donors (Lipinski definition) is 3. The van der Waals surface area contributed by atoms with Gasteiger partial charge in [-0.05, 0) is 12.1 Å². The van der Waals surface area contributed by atoms with Gasteiger partial charge in [0.25, 0.3) is 5.91 Å². The molecule has 1 aromatic carbocycles. The maximum absolute atomic E-state index is 11.9. The van der Waals surface area contributed by atoms with Crippen LogP contribution in [0.15, 0.2) is 24.4 Å². The van der Waals surface area contributed by atoms with Gasteiger partial charge in [-0.25, -0.2) is 0 Å². The monoisotopic (exact) mass is 266 g/mol. The zero-order chi connectivity index (χ0) is 13.1. The Morgan fingerprint density at radius 2 is 2.33 bits per heavy atom. The van der Waals surface area contributed by atoms with Gasteiger partial charge in [-0.15, -0.1) is 0 Å². The molecule has 7 heteroatoms. The number of amides is 1. The Morgan fingerprint density at radius 3 is 2.94 bits per heavy atom. The molecule has 0 aliphatic heterocycles. The van der Waals surface area contributed by atoms with Gasteiger partial charge in [0.05, 0.1) is 29.7 Å². The summed E-state index contributed by atoms with van der Waals surface area (Å²) >= 11 is 5.97. The van der Waals surface area contributed by atoms with Gasteiger partial charge in [-0.2, -0.15) is 5.10 Å². The fourth-order valence-corrected chi connectivity index (χ4v) is 1.55. The van der Waals surface area contributed by atoms with Crippen LogP contribution in [0.2, 0.25) is 5.02 Å². The van der Waals surface area contributed by atoms with Gasteiger partial charge >= 0.3 is 0 Å². The summed E-state index contributed by atoms with van der Waals surface area (Å²) in [6, 6.07) is 4.95. The molecule has 94 valence electrons. The number of methoxy groups -OCH3 is 1. The number of carbonyl (C=O) groups excluding carboxylic acids is 1. The van der Waals surface area contributed by atoms with E-state index in [1.54, 1.807) is 18.2 Å². The van der Waals surface area contributed by atoms with Crippen molar-refractivity contribution in [2.24, 2.45) is 0 Å². The molecule has 0 atom stereocenters. The zero-order valence-electron chi connectivity index (χ0n) is 9.53. The lowest BCUT2D eigenvalue weighted by Crippen LogP contribution is -2.14. The first-order valence-corrected chi connectivity index (χ1v) is 5.43. The Morgan fingerprint density at radius 1 is 1.56 bits per heavy atom. The van der Waals surface area contributed by atoms with Crippen molar-refractivity contribution in [3.8, 4) is 5.75 Å². The fourth-order valence-electron chi connectivity index (χ4n) is 1.39. The van der Waals surface area contributed by atoms with Crippen molar-refractivity contribution in [1.29, 1.82) is 0 Å². The normalized spacial score (nSPS) is 10.1. The standard InChI is InChI=1S/C11H11ClN4O2/c1-18-6-2-3-7(12)9(4-6)15-11(17)10-8(13)5-14-16-10/h2-5H,13H2,1H3,(H,14,16)(H,15,17). The molecular weight excluding hydrogens is 256 g/mol. The van der Waals surface area contributed by atoms with Crippen molar-refractivity contribution in [3.05, 3.63) is 35.1 Å². The van der Waals surface area contributed by atoms with Crippen LogP contribution in [-0.2, 0) is 0 Å². The number of aromatic amines is 1. The number of hydrogen-bond acceptors (Lipinski definition) is 4. The van der Waals surface area contributed by atoms with Crippen molar-refractivity contribution < 1.29 is 9.53 Å². The van der Waals surface area contributed by atoms with Gasteiger partial charge < -0.3 is 15.8 Å². The van der Waals surface area contributed by atoms with Crippen molar-refractivity contribution >= 4 is 28.9 Å². The zero-order valence-corrected chi connectivity index (χ0v) is 10.3. The molecule has 4 N–H and O–H groups in total. The average molecular weight is 267 g/mol. The topological polar surface area (TPSA) is 93.0 Å². The van der Waals surface area contributed by atoms with E-state index in [9.17, 15) is 4.79 Å². The number of rotatable bonds is 3. The second kappa shape index (κ2) is 4.97. The van der Waals surface area contributed by atoms with Gasteiger partial charge in [0.15, 0.2) is 0 Å². The molecule has 0 saturated carbocycles. The summed E-state index contributed by atoms with van der Waals surface area (Å²) < 4.78 is 5.05. The molecule has 18 heavy (non-hydrogen) atoms. The second-order valence-corrected chi connectivity index (χ2v) is 3.91. The highest BCUT2D eigenvalue weighted by Gasteiger charge is 2.13. The maximum Gasteiger partial charge on any atom is 0.275 e. The van der Waals surface area contributed by atoms with Gasteiger partial charge in [0, 0.05) is 6.07 Å². The fraction of sp³-hybridized carbons (Fsp3) is 0.0909. The highest BCUT2D eigenvalue weighted by Crippen LogP contribution is 2.27. The number of ether oxygens (including phenoxy) is 1. The summed E-state index contributed by atoms with van der Waals surface area (Å²) in [6.45, 7) is 0. The molecule has 0 fully saturated rings. The molecule has 0 radical (unpaired) electrons. The number of nitrogens with two attached hydrogens (primary N) is 1. The highest BCUT2D eigenvalue weighted by molar-refractivity contribution is 6.34. The third-order valence-corrected chi connectivity index (χ3v) is 2.65. The molecule has 0 aliphatic carbocycles. The Labute approximate surface area is 108 Å². The predicted molar refractivity (Wildman–Crippen MR) is 69.0 cm³/mol. The van der Waals surface area contributed by atoms with Crippen molar-refractivity contribution in [1.82, 2.24) is 10.2 Å². The molecule has 2 rings (SSSR count). The highest BCUT2D eigenvalue weighted by atomic mass is 35.5. The number of anilines is 2. The number of nitrogens with one attached hydrogen (secondary N) is 2. The van der Waals surface area contributed by atoms with E-state index in [-0.39, 0.29) is 11.4 Å². The van der Waals surface area contributed by atoms with E-state index in [1.807, 2.05) is 0 Å². The lowest BCUT2D eigenvalue weighted by molar-refractivity contribution is 0.102. The first-order chi connectivity index (χ1) is 8.61. The molecule has 6 nitrogen and oxygen atoms in total. The lowest BCUT2D eigenvalue weighted by atomic mass is 10.2. The molecule has 0 bridgehead atoms. The number of halogens is 1. The van der Waals surface area contributed by atoms with E-state index in [0.717, 1.165) is 0 Å². The average Bonchev–Trinajstić information content (AvgIpc) is 2.78. The van der Waals surface area contributed by atoms with Crippen LogP contribution in [0, 0.1) is 0 Å². The molecule has 1 amide bonds. The van der Waals surface area contributed by atoms with Crippen LogP contribution in [0.5, 0.6) is 5.75 Å². The summed E-state index contributed by atoms with van der Waals surface area (Å²) in [5.41, 5.74) is 6.48. The number of nitrogen functional groups attached to an aromatic ring is 1. The molecule has 0 aliphatic rings. The predicted octanol–water partition coefficient (Wildman–Crippen LogP) is 1.91. The maximum atomic E-state index is 11.9. The SMILES string of the molecule is COc1ccc(Cl)c(NC(=O)c2[nH]ncc2N)c1. The number of carbonyl (C=O) groups is 1. The van der Waals surface area contributed by atoms with Crippen LogP contribution in [0.1, 0.15) is 10.5 Å². The molecular formula is C11H11ClN4O2. The van der Waals surface area contributed by atoms with E-state index >= 15 is 0 Å². The van der Waals surface area contributed by atoms with Gasteiger partial charge in [-0.1, -0.05) is 11.6 Å². The van der Waals surface area contributed by atoms with Crippen LogP contribution in [0.25, 0.3) is 0 Å². The van der Waals surface area contributed by atoms with Crippen LogP contribution >= 0.6 is 11.6 Å². The molecule has 0 saturated heterocycles. The van der Waals surface area contributed by atoms with E-state index in [4.69, 9.17) is 22.1 Å². The Bertz CT molecular complexity index is 582. The minimum atomic E-state index is -0.417. The summed E-state index contributed by atoms with van der Waals surface area (Å²) in [5.74, 6) is 0.174. The number of aromatic nitrogens is 2. The van der Waals surface area contributed by atoms with Crippen molar-refractivity contribution in [3.63, 3.8) is 0 Å². The van der Waals surface area contributed by atoms with Crippen LogP contribution in [0.4, 0.5) is 11.4 Å². The van der Waals surface area contributed by atoms with Crippen LogP contribution < -0.4 is 15.8 Å². The van der Waals surface area contributed by atoms with E-state index < -0.39 is 5.91 Å². The first kappa shape index (κ1) is 12.3. The number of nitrogens with zero attached hydrogens (tertiary/aromatic N) is 1. The van der Waals surface area contributed by atoms with Crippen molar-refractivity contribution in [2.45, 2.75) is 0 Å². The van der Waals surface area contributed by atoms with Crippen LogP contribution in [-0.4, -0.2) is 23.2 Å². The smallest absolute Gasteiger partial charge is 0.275 e. The Kier molecular flexibility index (Phi) is 3.38. The quantitative estimate of drug-likeness (QED) is 0.791. The molecule has 1 aromatic heterocycles. The number of benzene rings is 1. The van der Waals surface area contributed by atoms with Gasteiger partial charge in [-0.3, -0.25) is 9.89 Å². The van der Waals surface area contributed by atoms with Crippen molar-refractivity contribution in [2.75, 3.05) is 18.2 Å². The summed E-state index contributed by atoms with van der Waals surface area (Å²) in [5, 5.41) is 9.22. The summed E-state index contributed by atoms with van der Waals surface area (Å²) in [4.78, 5) is 11.9. The van der Waals surface area contributed by atoms with E-state index in [0.29, 0.717) is 16.5 Å². The minimum Gasteiger partial charge on any atom is -0.497 e. The molecule has 1 heterocycles. The minimum absolute atomic E-state index is 0.189. The van der Waals surface area contributed by atoms with Gasteiger partial charge in [0.2, 0.25) is 0 Å². The van der Waals surface area contributed by atoms with E-state index in [1.165, 1.54) is 13.3 Å². The summed E-state index contributed by atoms with van der Waals surface area (Å²) in [6.07, 6.45) is 1.36.